The molecule has 1 amide bonds. The van der Waals surface area contributed by atoms with Crippen molar-refractivity contribution in [1.82, 2.24) is 9.21 Å². The van der Waals surface area contributed by atoms with Gasteiger partial charge in [0, 0.05) is 37.8 Å². The maximum absolute atomic E-state index is 12.8. The smallest absolute Gasteiger partial charge is 0.248 e. The predicted octanol–water partition coefficient (Wildman–Crippen LogP) is 1.48. The highest BCUT2D eigenvalue weighted by molar-refractivity contribution is 9.10. The van der Waals surface area contributed by atoms with Gasteiger partial charge in [0.05, 0.1) is 17.1 Å². The first-order chi connectivity index (χ1) is 12.4. The quantitative estimate of drug-likeness (QED) is 0.684. The highest BCUT2D eigenvalue weighted by Crippen LogP contribution is 2.32. The van der Waals surface area contributed by atoms with Crippen LogP contribution in [0.3, 0.4) is 0 Å². The first kappa shape index (κ1) is 19.8. The minimum atomic E-state index is -3.52. The molecule has 0 saturated carbocycles. The molecule has 7 nitrogen and oxygen atoms in total. The van der Waals surface area contributed by atoms with Gasteiger partial charge < -0.3 is 14.4 Å². The Balaban J connectivity index is 1.66. The Bertz CT molecular complexity index is 745. The van der Waals surface area contributed by atoms with Gasteiger partial charge in [0.2, 0.25) is 15.9 Å². The van der Waals surface area contributed by atoms with Crippen LogP contribution < -0.4 is 0 Å². The molecule has 0 unspecified atom stereocenters. The molecule has 9 heteroatoms. The normalized spacial score (nSPS) is 21.3. The average Bonchev–Trinajstić information content (AvgIpc) is 2.63. The van der Waals surface area contributed by atoms with Crippen molar-refractivity contribution in [3.05, 3.63) is 28.7 Å². The molecule has 2 heterocycles. The van der Waals surface area contributed by atoms with Crippen LogP contribution >= 0.6 is 15.9 Å². The number of amides is 1. The molecule has 1 aromatic carbocycles. The van der Waals surface area contributed by atoms with Gasteiger partial charge in [-0.25, -0.2) is 8.42 Å². The molecule has 0 N–H and O–H groups in total. The Hall–Kier alpha value is -1.00. The van der Waals surface area contributed by atoms with Gasteiger partial charge in [-0.3, -0.25) is 4.79 Å². The molecule has 3 rings (SSSR count). The van der Waals surface area contributed by atoms with E-state index in [0.717, 1.165) is 4.47 Å². The number of hydrogen-bond donors (Lipinski definition) is 0. The summed E-state index contributed by atoms with van der Waals surface area (Å²) in [5, 5.41) is 0. The van der Waals surface area contributed by atoms with Crippen molar-refractivity contribution in [2.45, 2.75) is 23.3 Å². The molecule has 0 atom stereocenters. The van der Waals surface area contributed by atoms with E-state index in [1.54, 1.807) is 36.3 Å². The summed E-state index contributed by atoms with van der Waals surface area (Å²) >= 11 is 3.32. The van der Waals surface area contributed by atoms with Crippen LogP contribution in [0.4, 0.5) is 0 Å². The third-order valence-corrected chi connectivity index (χ3v) is 7.43. The van der Waals surface area contributed by atoms with E-state index in [2.05, 4.69) is 15.9 Å². The number of hydrogen-bond acceptors (Lipinski definition) is 5. The van der Waals surface area contributed by atoms with Gasteiger partial charge in [0.25, 0.3) is 0 Å². The standard InChI is InChI=1S/C17H23BrN2O5S/c1-24-11-10-19-13-17(25-12-16(19)21)6-8-20(9-7-17)26(22,23)15-4-2-14(18)3-5-15/h2-5H,6-13H2,1H3. The Labute approximate surface area is 162 Å². The van der Waals surface area contributed by atoms with E-state index in [-0.39, 0.29) is 17.4 Å². The van der Waals surface area contributed by atoms with Gasteiger partial charge in [0.15, 0.2) is 0 Å². The largest absolute Gasteiger partial charge is 0.383 e. The molecule has 2 aliphatic rings. The van der Waals surface area contributed by atoms with Crippen LogP contribution in [0, 0.1) is 0 Å². The highest BCUT2D eigenvalue weighted by atomic mass is 79.9. The lowest BCUT2D eigenvalue weighted by Crippen LogP contribution is -2.59. The van der Waals surface area contributed by atoms with Crippen molar-refractivity contribution in [3.63, 3.8) is 0 Å². The van der Waals surface area contributed by atoms with E-state index >= 15 is 0 Å². The zero-order valence-electron chi connectivity index (χ0n) is 14.7. The van der Waals surface area contributed by atoms with Gasteiger partial charge >= 0.3 is 0 Å². The molecule has 2 saturated heterocycles. The van der Waals surface area contributed by atoms with Crippen molar-refractivity contribution in [1.29, 1.82) is 0 Å². The topological polar surface area (TPSA) is 76.2 Å². The lowest BCUT2D eigenvalue weighted by molar-refractivity contribution is -0.170. The summed E-state index contributed by atoms with van der Waals surface area (Å²) < 4.78 is 38.9. The van der Waals surface area contributed by atoms with Gasteiger partial charge in [-0.15, -0.1) is 0 Å². The van der Waals surface area contributed by atoms with Crippen LogP contribution in [0.15, 0.2) is 33.6 Å². The molecule has 2 fully saturated rings. The van der Waals surface area contributed by atoms with Crippen LogP contribution in [0.25, 0.3) is 0 Å². The highest BCUT2D eigenvalue weighted by Gasteiger charge is 2.44. The summed E-state index contributed by atoms with van der Waals surface area (Å²) in [5.41, 5.74) is -0.465. The number of ether oxygens (including phenoxy) is 2. The number of carbonyl (C=O) groups excluding carboxylic acids is 1. The van der Waals surface area contributed by atoms with Gasteiger partial charge in [0.1, 0.15) is 6.61 Å². The van der Waals surface area contributed by atoms with Crippen LogP contribution in [0.1, 0.15) is 12.8 Å². The monoisotopic (exact) mass is 446 g/mol. The zero-order valence-corrected chi connectivity index (χ0v) is 17.1. The van der Waals surface area contributed by atoms with Gasteiger partial charge in [-0.1, -0.05) is 15.9 Å². The Morgan fingerprint density at radius 1 is 1.23 bits per heavy atom. The number of sulfonamides is 1. The summed E-state index contributed by atoms with van der Waals surface area (Å²) in [6.07, 6.45) is 1.14. The van der Waals surface area contributed by atoms with E-state index in [1.165, 1.54) is 4.31 Å². The molecule has 26 heavy (non-hydrogen) atoms. The summed E-state index contributed by atoms with van der Waals surface area (Å²) in [6.45, 7) is 2.30. The minimum Gasteiger partial charge on any atom is -0.383 e. The van der Waals surface area contributed by atoms with Crippen LogP contribution in [-0.4, -0.2) is 75.6 Å². The molecular formula is C17H23BrN2O5S. The van der Waals surface area contributed by atoms with Gasteiger partial charge in [-0.05, 0) is 37.1 Å². The van der Waals surface area contributed by atoms with E-state index < -0.39 is 15.6 Å². The lowest BCUT2D eigenvalue weighted by atomic mass is 9.90. The second kappa shape index (κ2) is 7.93. The Morgan fingerprint density at radius 2 is 1.88 bits per heavy atom. The number of methoxy groups -OCH3 is 1. The molecule has 144 valence electrons. The van der Waals surface area contributed by atoms with E-state index in [4.69, 9.17) is 9.47 Å². The number of morpholine rings is 1. The van der Waals surface area contributed by atoms with Crippen LogP contribution in [0.5, 0.6) is 0 Å². The fourth-order valence-electron chi connectivity index (χ4n) is 3.39. The average molecular weight is 447 g/mol. The van der Waals surface area contributed by atoms with Crippen molar-refractivity contribution in [3.8, 4) is 0 Å². The lowest BCUT2D eigenvalue weighted by Gasteiger charge is -2.46. The van der Waals surface area contributed by atoms with Crippen molar-refractivity contribution in [2.24, 2.45) is 0 Å². The molecule has 0 aromatic heterocycles. The number of carbonyl (C=O) groups is 1. The second-order valence-electron chi connectivity index (χ2n) is 6.64. The Kier molecular flexibility index (Phi) is 6.03. The molecule has 0 radical (unpaired) electrons. The van der Waals surface area contributed by atoms with Crippen molar-refractivity contribution >= 4 is 31.9 Å². The van der Waals surface area contributed by atoms with E-state index in [1.807, 2.05) is 0 Å². The molecule has 1 aromatic rings. The Morgan fingerprint density at radius 3 is 2.50 bits per heavy atom. The SMILES string of the molecule is COCCN1CC2(CCN(S(=O)(=O)c3ccc(Br)cc3)CC2)OCC1=O. The third kappa shape index (κ3) is 4.12. The van der Waals surface area contributed by atoms with Crippen molar-refractivity contribution < 1.29 is 22.7 Å². The van der Waals surface area contributed by atoms with E-state index in [0.29, 0.717) is 45.6 Å². The third-order valence-electron chi connectivity index (χ3n) is 4.98. The number of halogens is 1. The number of benzene rings is 1. The summed E-state index contributed by atoms with van der Waals surface area (Å²) in [4.78, 5) is 14.0. The number of nitrogens with zero attached hydrogens (tertiary/aromatic N) is 2. The maximum Gasteiger partial charge on any atom is 0.248 e. The zero-order chi connectivity index (χ0) is 18.8. The summed E-state index contributed by atoms with van der Waals surface area (Å²) in [5.74, 6) is -0.0439. The molecule has 0 bridgehead atoms. The molecule has 2 aliphatic heterocycles. The van der Waals surface area contributed by atoms with Gasteiger partial charge in [-0.2, -0.15) is 4.31 Å². The first-order valence-corrected chi connectivity index (χ1v) is 10.8. The van der Waals surface area contributed by atoms with Crippen molar-refractivity contribution in [2.75, 3.05) is 46.5 Å². The number of rotatable bonds is 5. The van der Waals surface area contributed by atoms with E-state index in [9.17, 15) is 13.2 Å². The molecule has 1 spiro atoms. The maximum atomic E-state index is 12.8. The van der Waals surface area contributed by atoms with Crippen LogP contribution in [-0.2, 0) is 24.3 Å². The summed E-state index contributed by atoms with van der Waals surface area (Å²) in [7, 11) is -1.91. The molecular weight excluding hydrogens is 424 g/mol. The first-order valence-electron chi connectivity index (χ1n) is 8.53. The second-order valence-corrected chi connectivity index (χ2v) is 9.49. The predicted molar refractivity (Wildman–Crippen MR) is 99.3 cm³/mol. The fraction of sp³-hybridized carbons (Fsp3) is 0.588. The molecule has 0 aliphatic carbocycles. The summed E-state index contributed by atoms with van der Waals surface area (Å²) in [6, 6.07) is 6.65. The number of piperidine rings is 1. The fourth-order valence-corrected chi connectivity index (χ4v) is 5.09. The minimum absolute atomic E-state index is 0.0439. The van der Waals surface area contributed by atoms with Crippen LogP contribution in [0.2, 0.25) is 0 Å².